The molecule has 0 unspecified atom stereocenters. The van der Waals surface area contributed by atoms with Crippen LogP contribution in [0.5, 0.6) is 0 Å². The number of pyridine rings is 1. The molecule has 6 nitrogen and oxygen atoms in total. The number of para-hydroxylation sites is 1. The standard InChI is InChI=1S/C22H26N4O2/c1-17(2)21-15-20(24-26(21)19-10-4-3-5-11-19)22(28)25(13-8-14-27)16-18-9-6-7-12-23-18/h3-7,9-12,15,17,27H,8,13-14,16H2,1-2H3. The van der Waals surface area contributed by atoms with Crippen LogP contribution in [-0.4, -0.2) is 43.8 Å². The predicted octanol–water partition coefficient (Wildman–Crippen LogP) is 3.42. The molecule has 2 aromatic heterocycles. The highest BCUT2D eigenvalue weighted by molar-refractivity contribution is 5.92. The second-order valence-corrected chi connectivity index (χ2v) is 6.98. The van der Waals surface area contributed by atoms with Crippen molar-refractivity contribution in [1.82, 2.24) is 19.7 Å². The van der Waals surface area contributed by atoms with E-state index in [0.717, 1.165) is 17.1 Å². The highest BCUT2D eigenvalue weighted by Crippen LogP contribution is 2.21. The Kier molecular flexibility index (Phi) is 6.55. The Hall–Kier alpha value is -2.99. The van der Waals surface area contributed by atoms with Crippen molar-refractivity contribution in [2.75, 3.05) is 13.2 Å². The van der Waals surface area contributed by atoms with Gasteiger partial charge in [0.1, 0.15) is 0 Å². The normalized spacial score (nSPS) is 11.0. The van der Waals surface area contributed by atoms with E-state index in [1.54, 1.807) is 11.1 Å². The number of aliphatic hydroxyl groups excluding tert-OH is 1. The molecule has 3 rings (SSSR count). The van der Waals surface area contributed by atoms with Gasteiger partial charge in [-0.1, -0.05) is 38.1 Å². The summed E-state index contributed by atoms with van der Waals surface area (Å²) >= 11 is 0. The van der Waals surface area contributed by atoms with Gasteiger partial charge >= 0.3 is 0 Å². The molecule has 0 bridgehead atoms. The Labute approximate surface area is 165 Å². The lowest BCUT2D eigenvalue weighted by Gasteiger charge is -2.21. The van der Waals surface area contributed by atoms with E-state index in [-0.39, 0.29) is 18.4 Å². The zero-order valence-corrected chi connectivity index (χ0v) is 16.3. The quantitative estimate of drug-likeness (QED) is 0.652. The minimum Gasteiger partial charge on any atom is -0.396 e. The molecule has 1 amide bonds. The number of benzene rings is 1. The lowest BCUT2D eigenvalue weighted by Crippen LogP contribution is -2.32. The Balaban J connectivity index is 1.92. The van der Waals surface area contributed by atoms with Gasteiger partial charge in [0.2, 0.25) is 0 Å². The topological polar surface area (TPSA) is 71.2 Å². The highest BCUT2D eigenvalue weighted by Gasteiger charge is 2.22. The SMILES string of the molecule is CC(C)c1cc(C(=O)N(CCCO)Cc2ccccn2)nn1-c1ccccc1. The first kappa shape index (κ1) is 19.8. The van der Waals surface area contributed by atoms with Crippen LogP contribution in [0.25, 0.3) is 5.69 Å². The summed E-state index contributed by atoms with van der Waals surface area (Å²) in [6, 6.07) is 17.3. The van der Waals surface area contributed by atoms with Crippen LogP contribution in [0.15, 0.2) is 60.8 Å². The van der Waals surface area contributed by atoms with E-state index in [1.807, 2.05) is 59.3 Å². The van der Waals surface area contributed by atoms with Crippen LogP contribution in [0, 0.1) is 0 Å². The lowest BCUT2D eigenvalue weighted by atomic mass is 10.1. The lowest BCUT2D eigenvalue weighted by molar-refractivity contribution is 0.0723. The number of nitrogens with zero attached hydrogens (tertiary/aromatic N) is 4. The summed E-state index contributed by atoms with van der Waals surface area (Å²) in [5.74, 6) is 0.0617. The molecule has 0 aliphatic carbocycles. The van der Waals surface area contributed by atoms with E-state index in [4.69, 9.17) is 0 Å². The number of rotatable bonds is 8. The molecule has 0 radical (unpaired) electrons. The number of aliphatic hydroxyl groups is 1. The molecule has 0 aliphatic heterocycles. The summed E-state index contributed by atoms with van der Waals surface area (Å²) in [4.78, 5) is 19.2. The Morgan fingerprint density at radius 3 is 2.54 bits per heavy atom. The maximum atomic E-state index is 13.2. The van der Waals surface area contributed by atoms with Crippen LogP contribution in [-0.2, 0) is 6.54 Å². The molecule has 0 aliphatic rings. The first-order valence-corrected chi connectivity index (χ1v) is 9.55. The van der Waals surface area contributed by atoms with Gasteiger partial charge in [-0.3, -0.25) is 9.78 Å². The van der Waals surface area contributed by atoms with Crippen LogP contribution < -0.4 is 0 Å². The van der Waals surface area contributed by atoms with Crippen molar-refractivity contribution in [3.8, 4) is 5.69 Å². The van der Waals surface area contributed by atoms with Crippen molar-refractivity contribution in [3.63, 3.8) is 0 Å². The van der Waals surface area contributed by atoms with Gasteiger partial charge in [0.15, 0.2) is 5.69 Å². The third-order valence-electron chi connectivity index (χ3n) is 4.50. The summed E-state index contributed by atoms with van der Waals surface area (Å²) in [6.45, 7) is 5.03. The third-order valence-corrected chi connectivity index (χ3v) is 4.50. The second kappa shape index (κ2) is 9.28. The summed E-state index contributed by atoms with van der Waals surface area (Å²) in [5, 5.41) is 13.8. The number of carbonyl (C=O) groups is 1. The zero-order chi connectivity index (χ0) is 19.9. The molecule has 0 atom stereocenters. The Morgan fingerprint density at radius 1 is 1.14 bits per heavy atom. The van der Waals surface area contributed by atoms with Crippen molar-refractivity contribution in [2.45, 2.75) is 32.7 Å². The van der Waals surface area contributed by atoms with Crippen molar-refractivity contribution in [3.05, 3.63) is 77.9 Å². The zero-order valence-electron chi connectivity index (χ0n) is 16.3. The molecular weight excluding hydrogens is 352 g/mol. The third kappa shape index (κ3) is 4.64. The van der Waals surface area contributed by atoms with Gasteiger partial charge in [-0.05, 0) is 42.7 Å². The van der Waals surface area contributed by atoms with E-state index >= 15 is 0 Å². The van der Waals surface area contributed by atoms with Crippen molar-refractivity contribution < 1.29 is 9.90 Å². The Morgan fingerprint density at radius 2 is 1.89 bits per heavy atom. The maximum Gasteiger partial charge on any atom is 0.274 e. The average Bonchev–Trinajstić information content (AvgIpc) is 3.18. The number of hydrogen-bond donors (Lipinski definition) is 1. The smallest absolute Gasteiger partial charge is 0.274 e. The molecule has 1 aromatic carbocycles. The minimum atomic E-state index is -0.157. The van der Waals surface area contributed by atoms with E-state index in [2.05, 4.69) is 23.9 Å². The van der Waals surface area contributed by atoms with Crippen LogP contribution in [0.3, 0.4) is 0 Å². The molecular formula is C22H26N4O2. The van der Waals surface area contributed by atoms with Crippen molar-refractivity contribution in [1.29, 1.82) is 0 Å². The molecule has 0 saturated carbocycles. The molecule has 0 spiro atoms. The average molecular weight is 378 g/mol. The first-order chi connectivity index (χ1) is 13.6. The molecule has 0 fully saturated rings. The first-order valence-electron chi connectivity index (χ1n) is 9.55. The van der Waals surface area contributed by atoms with Gasteiger partial charge < -0.3 is 10.0 Å². The number of amides is 1. The van der Waals surface area contributed by atoms with Gasteiger partial charge in [-0.25, -0.2) is 4.68 Å². The number of carbonyl (C=O) groups excluding carboxylic acids is 1. The van der Waals surface area contributed by atoms with Crippen molar-refractivity contribution >= 4 is 5.91 Å². The molecule has 28 heavy (non-hydrogen) atoms. The predicted molar refractivity (Wildman–Crippen MR) is 108 cm³/mol. The van der Waals surface area contributed by atoms with E-state index < -0.39 is 0 Å². The van der Waals surface area contributed by atoms with Gasteiger partial charge in [0.05, 0.1) is 17.9 Å². The van der Waals surface area contributed by atoms with Gasteiger partial charge in [0.25, 0.3) is 5.91 Å². The van der Waals surface area contributed by atoms with Crippen LogP contribution in [0.1, 0.15) is 48.1 Å². The summed E-state index contributed by atoms with van der Waals surface area (Å²) in [5.41, 5.74) is 3.12. The van der Waals surface area contributed by atoms with E-state index in [1.165, 1.54) is 0 Å². The van der Waals surface area contributed by atoms with Crippen LogP contribution in [0.4, 0.5) is 0 Å². The maximum absolute atomic E-state index is 13.2. The fraction of sp³-hybridized carbons (Fsp3) is 0.318. The van der Waals surface area contributed by atoms with Gasteiger partial charge in [0, 0.05) is 25.0 Å². The molecule has 146 valence electrons. The molecule has 1 N–H and O–H groups in total. The minimum absolute atomic E-state index is 0.0295. The number of hydrogen-bond acceptors (Lipinski definition) is 4. The largest absolute Gasteiger partial charge is 0.396 e. The monoisotopic (exact) mass is 378 g/mol. The highest BCUT2D eigenvalue weighted by atomic mass is 16.3. The fourth-order valence-corrected chi connectivity index (χ4v) is 3.05. The van der Waals surface area contributed by atoms with E-state index in [0.29, 0.717) is 25.2 Å². The summed E-state index contributed by atoms with van der Waals surface area (Å²) in [7, 11) is 0. The molecule has 6 heteroatoms. The van der Waals surface area contributed by atoms with Crippen LogP contribution >= 0.6 is 0 Å². The molecule has 2 heterocycles. The van der Waals surface area contributed by atoms with E-state index in [9.17, 15) is 9.90 Å². The Bertz CT molecular complexity index is 891. The van der Waals surface area contributed by atoms with Gasteiger partial charge in [-0.2, -0.15) is 5.10 Å². The van der Waals surface area contributed by atoms with Crippen LogP contribution in [0.2, 0.25) is 0 Å². The summed E-state index contributed by atoms with van der Waals surface area (Å²) < 4.78 is 1.84. The van der Waals surface area contributed by atoms with Gasteiger partial charge in [-0.15, -0.1) is 0 Å². The van der Waals surface area contributed by atoms with Crippen molar-refractivity contribution in [2.24, 2.45) is 0 Å². The number of aromatic nitrogens is 3. The second-order valence-electron chi connectivity index (χ2n) is 6.98. The molecule has 0 saturated heterocycles. The fourth-order valence-electron chi connectivity index (χ4n) is 3.05. The molecule has 3 aromatic rings. The summed E-state index contributed by atoms with van der Waals surface area (Å²) in [6.07, 6.45) is 2.22.